The molecular formula is C12H15N3O3S. The summed E-state index contributed by atoms with van der Waals surface area (Å²) in [5, 5.41) is 13.6. The van der Waals surface area contributed by atoms with E-state index in [0.717, 1.165) is 6.26 Å². The fourth-order valence-corrected chi connectivity index (χ4v) is 2.11. The highest BCUT2D eigenvalue weighted by Crippen LogP contribution is 2.16. The van der Waals surface area contributed by atoms with Crippen LogP contribution in [0.5, 0.6) is 0 Å². The zero-order valence-corrected chi connectivity index (χ0v) is 11.5. The SMILES string of the molecule is CC[C@H](O)c1ccc(-n2cc(S(C)(=O)=O)cn2)cn1. The second-order valence-corrected chi connectivity index (χ2v) is 6.27. The van der Waals surface area contributed by atoms with Crippen molar-refractivity contribution in [2.24, 2.45) is 0 Å². The molecule has 0 spiro atoms. The minimum atomic E-state index is -3.26. The summed E-state index contributed by atoms with van der Waals surface area (Å²) in [4.78, 5) is 4.29. The molecule has 0 saturated heterocycles. The highest BCUT2D eigenvalue weighted by molar-refractivity contribution is 7.90. The van der Waals surface area contributed by atoms with Gasteiger partial charge in [0.1, 0.15) is 4.90 Å². The van der Waals surface area contributed by atoms with Crippen molar-refractivity contribution in [3.05, 3.63) is 36.4 Å². The molecule has 19 heavy (non-hydrogen) atoms. The molecule has 0 aliphatic carbocycles. The van der Waals surface area contributed by atoms with Crippen LogP contribution in [-0.2, 0) is 9.84 Å². The van der Waals surface area contributed by atoms with Crippen molar-refractivity contribution in [2.45, 2.75) is 24.3 Å². The summed E-state index contributed by atoms with van der Waals surface area (Å²) < 4.78 is 24.2. The van der Waals surface area contributed by atoms with Gasteiger partial charge in [0.25, 0.3) is 0 Å². The van der Waals surface area contributed by atoms with Crippen LogP contribution in [0.25, 0.3) is 5.69 Å². The molecule has 102 valence electrons. The molecule has 6 nitrogen and oxygen atoms in total. The Morgan fingerprint density at radius 2 is 2.11 bits per heavy atom. The highest BCUT2D eigenvalue weighted by Gasteiger charge is 2.11. The van der Waals surface area contributed by atoms with E-state index in [4.69, 9.17) is 0 Å². The number of aliphatic hydroxyl groups excluding tert-OH is 1. The lowest BCUT2D eigenvalue weighted by Gasteiger charge is -2.07. The monoisotopic (exact) mass is 281 g/mol. The van der Waals surface area contributed by atoms with Crippen molar-refractivity contribution in [3.63, 3.8) is 0 Å². The average molecular weight is 281 g/mol. The molecule has 0 aromatic carbocycles. The van der Waals surface area contributed by atoms with E-state index in [1.165, 1.54) is 17.1 Å². The van der Waals surface area contributed by atoms with E-state index in [1.54, 1.807) is 18.3 Å². The van der Waals surface area contributed by atoms with Gasteiger partial charge in [0.2, 0.25) is 0 Å². The van der Waals surface area contributed by atoms with E-state index >= 15 is 0 Å². The summed E-state index contributed by atoms with van der Waals surface area (Å²) in [6.45, 7) is 1.87. The van der Waals surface area contributed by atoms with Gasteiger partial charge in [0.05, 0.1) is 29.9 Å². The first kappa shape index (κ1) is 13.7. The maximum atomic E-state index is 11.4. The van der Waals surface area contributed by atoms with Gasteiger partial charge in [-0.1, -0.05) is 6.92 Å². The summed E-state index contributed by atoms with van der Waals surface area (Å²) in [6, 6.07) is 3.44. The molecule has 1 N–H and O–H groups in total. The molecule has 2 aromatic rings. The van der Waals surface area contributed by atoms with Crippen LogP contribution in [0.2, 0.25) is 0 Å². The predicted molar refractivity (Wildman–Crippen MR) is 69.7 cm³/mol. The average Bonchev–Trinajstić information content (AvgIpc) is 2.87. The van der Waals surface area contributed by atoms with E-state index in [2.05, 4.69) is 10.1 Å². The molecule has 1 atom stereocenters. The molecular weight excluding hydrogens is 266 g/mol. The lowest BCUT2D eigenvalue weighted by molar-refractivity contribution is 0.169. The Morgan fingerprint density at radius 3 is 2.58 bits per heavy atom. The van der Waals surface area contributed by atoms with E-state index in [0.29, 0.717) is 17.8 Å². The van der Waals surface area contributed by atoms with Crippen molar-refractivity contribution in [2.75, 3.05) is 6.26 Å². The molecule has 2 heterocycles. The second kappa shape index (κ2) is 5.10. The molecule has 0 fully saturated rings. The van der Waals surface area contributed by atoms with Crippen molar-refractivity contribution in [3.8, 4) is 5.69 Å². The fraction of sp³-hybridized carbons (Fsp3) is 0.333. The number of hydrogen-bond acceptors (Lipinski definition) is 5. The number of pyridine rings is 1. The molecule has 7 heteroatoms. The number of hydrogen-bond donors (Lipinski definition) is 1. The van der Waals surface area contributed by atoms with Crippen LogP contribution in [0.3, 0.4) is 0 Å². The maximum absolute atomic E-state index is 11.4. The molecule has 0 aliphatic heterocycles. The zero-order valence-electron chi connectivity index (χ0n) is 10.7. The van der Waals surface area contributed by atoms with Crippen molar-refractivity contribution in [1.82, 2.24) is 14.8 Å². The smallest absolute Gasteiger partial charge is 0.178 e. The van der Waals surface area contributed by atoms with Crippen molar-refractivity contribution >= 4 is 9.84 Å². The maximum Gasteiger partial charge on any atom is 0.178 e. The van der Waals surface area contributed by atoms with E-state index in [1.807, 2.05) is 6.92 Å². The highest BCUT2D eigenvalue weighted by atomic mass is 32.2. The van der Waals surface area contributed by atoms with Gasteiger partial charge in [-0.3, -0.25) is 4.98 Å². The van der Waals surface area contributed by atoms with E-state index < -0.39 is 15.9 Å². The van der Waals surface area contributed by atoms with Crippen molar-refractivity contribution < 1.29 is 13.5 Å². The minimum Gasteiger partial charge on any atom is -0.387 e. The van der Waals surface area contributed by atoms with Gasteiger partial charge in [-0.05, 0) is 18.6 Å². The standard InChI is InChI=1S/C12H15N3O3S/c1-3-12(16)11-5-4-9(6-13-11)15-8-10(7-14-15)19(2,17)18/h4-8,12,16H,3H2,1-2H3/t12-/m0/s1. The predicted octanol–water partition coefficient (Wildman–Crippen LogP) is 1.11. The lowest BCUT2D eigenvalue weighted by Crippen LogP contribution is -2.01. The number of rotatable bonds is 4. The van der Waals surface area contributed by atoms with Gasteiger partial charge in [-0.25, -0.2) is 13.1 Å². The zero-order chi connectivity index (χ0) is 14.0. The summed E-state index contributed by atoms with van der Waals surface area (Å²) in [6.07, 6.45) is 5.41. The molecule has 0 unspecified atom stereocenters. The first-order valence-corrected chi connectivity index (χ1v) is 7.70. The Bertz CT molecular complexity index is 662. The van der Waals surface area contributed by atoms with Crippen LogP contribution in [0.4, 0.5) is 0 Å². The molecule has 0 saturated carbocycles. The van der Waals surface area contributed by atoms with Crippen molar-refractivity contribution in [1.29, 1.82) is 0 Å². The first-order valence-electron chi connectivity index (χ1n) is 5.81. The van der Waals surface area contributed by atoms with Gasteiger partial charge in [0, 0.05) is 12.5 Å². The Morgan fingerprint density at radius 1 is 1.37 bits per heavy atom. The normalized spacial score (nSPS) is 13.4. The largest absolute Gasteiger partial charge is 0.387 e. The third-order valence-corrected chi connectivity index (χ3v) is 3.82. The van der Waals surface area contributed by atoms with Gasteiger partial charge >= 0.3 is 0 Å². The summed E-state index contributed by atoms with van der Waals surface area (Å²) in [5.74, 6) is 0. The van der Waals surface area contributed by atoms with Gasteiger partial charge < -0.3 is 5.11 Å². The number of aliphatic hydroxyl groups is 1. The van der Waals surface area contributed by atoms with Crippen LogP contribution in [0.15, 0.2) is 35.6 Å². The van der Waals surface area contributed by atoms with E-state index in [9.17, 15) is 13.5 Å². The fourth-order valence-electron chi connectivity index (χ4n) is 1.58. The number of aromatic nitrogens is 3. The Labute approximate surface area is 111 Å². The molecule has 0 radical (unpaired) electrons. The Hall–Kier alpha value is -1.73. The van der Waals surface area contributed by atoms with E-state index in [-0.39, 0.29) is 4.90 Å². The van der Waals surface area contributed by atoms with Crippen LogP contribution in [0.1, 0.15) is 25.1 Å². The third-order valence-electron chi connectivity index (χ3n) is 2.75. The summed E-state index contributed by atoms with van der Waals surface area (Å²) in [7, 11) is -3.26. The quantitative estimate of drug-likeness (QED) is 0.907. The third kappa shape index (κ3) is 2.99. The molecule has 0 bridgehead atoms. The number of nitrogens with zero attached hydrogens (tertiary/aromatic N) is 3. The lowest BCUT2D eigenvalue weighted by atomic mass is 10.2. The van der Waals surface area contributed by atoms with Gasteiger partial charge in [-0.15, -0.1) is 0 Å². The Balaban J connectivity index is 2.30. The van der Waals surface area contributed by atoms with Gasteiger partial charge in [0.15, 0.2) is 9.84 Å². The van der Waals surface area contributed by atoms with Crippen LogP contribution in [0, 0.1) is 0 Å². The summed E-state index contributed by atoms with van der Waals surface area (Å²) in [5.41, 5.74) is 1.23. The van der Waals surface area contributed by atoms with Gasteiger partial charge in [-0.2, -0.15) is 5.10 Å². The topological polar surface area (TPSA) is 85.1 Å². The minimum absolute atomic E-state index is 0.158. The first-order chi connectivity index (χ1) is 8.91. The number of sulfone groups is 1. The Kier molecular flexibility index (Phi) is 3.68. The van der Waals surface area contributed by atoms with Crippen LogP contribution >= 0.6 is 0 Å². The van der Waals surface area contributed by atoms with Crippen LogP contribution < -0.4 is 0 Å². The molecule has 0 aliphatic rings. The summed E-state index contributed by atoms with van der Waals surface area (Å²) >= 11 is 0. The molecule has 0 amide bonds. The van der Waals surface area contributed by atoms with Crippen LogP contribution in [-0.4, -0.2) is 34.5 Å². The molecule has 2 rings (SSSR count). The molecule has 2 aromatic heterocycles. The second-order valence-electron chi connectivity index (χ2n) is 4.26.